The number of nitrogens with two attached hydrogens (primary N) is 1. The van der Waals surface area contributed by atoms with Gasteiger partial charge in [0, 0.05) is 5.69 Å². The number of rotatable bonds is 8. The van der Waals surface area contributed by atoms with Crippen LogP contribution < -0.4 is 5.73 Å². The van der Waals surface area contributed by atoms with Crippen LogP contribution in [0.4, 0.5) is 5.69 Å². The van der Waals surface area contributed by atoms with E-state index in [-0.39, 0.29) is 0 Å². The van der Waals surface area contributed by atoms with E-state index in [1.165, 1.54) is 11.1 Å². The molecule has 0 saturated heterocycles. The third-order valence-electron chi connectivity index (χ3n) is 4.57. The molecule has 136 valence electrons. The van der Waals surface area contributed by atoms with E-state index in [0.29, 0.717) is 24.3 Å². The van der Waals surface area contributed by atoms with Gasteiger partial charge >= 0.3 is 8.56 Å². The number of hydrogen-bond donors (Lipinski definition) is 1. The standard InChI is InChI=1S/C21H31NO2Si/c1-16(2)25(17(3)4,23-14-19-9-6-8-18(5)12-19)24-15-20-10-7-11-21(22)13-20/h6-13,16-17H,14-15,22H2,1-5H3. The highest BCUT2D eigenvalue weighted by molar-refractivity contribution is 6.70. The van der Waals surface area contributed by atoms with E-state index in [2.05, 4.69) is 65.0 Å². The summed E-state index contributed by atoms with van der Waals surface area (Å²) in [5.74, 6) is 0. The van der Waals surface area contributed by atoms with Crippen LogP contribution in [0.5, 0.6) is 0 Å². The van der Waals surface area contributed by atoms with Crippen LogP contribution in [0, 0.1) is 6.92 Å². The molecule has 0 atom stereocenters. The maximum Gasteiger partial charge on any atom is 0.344 e. The lowest BCUT2D eigenvalue weighted by atomic mass is 10.1. The Morgan fingerprint density at radius 3 is 1.84 bits per heavy atom. The first kappa shape index (κ1) is 19.7. The second-order valence-corrected chi connectivity index (χ2v) is 11.7. The molecule has 0 fully saturated rings. The average Bonchev–Trinajstić information content (AvgIpc) is 2.54. The van der Waals surface area contributed by atoms with Gasteiger partial charge in [-0.1, -0.05) is 69.7 Å². The van der Waals surface area contributed by atoms with Gasteiger partial charge in [0.1, 0.15) is 0 Å². The number of hydrogen-bond acceptors (Lipinski definition) is 3. The lowest BCUT2D eigenvalue weighted by Crippen LogP contribution is -2.47. The van der Waals surface area contributed by atoms with Crippen molar-refractivity contribution in [2.24, 2.45) is 0 Å². The van der Waals surface area contributed by atoms with Gasteiger partial charge in [-0.25, -0.2) is 0 Å². The molecular formula is C21H31NO2Si. The highest BCUT2D eigenvalue weighted by atomic mass is 28.4. The van der Waals surface area contributed by atoms with Gasteiger partial charge in [-0.05, 0) is 41.3 Å². The first-order valence-electron chi connectivity index (χ1n) is 9.01. The molecule has 2 aromatic carbocycles. The van der Waals surface area contributed by atoms with Gasteiger partial charge < -0.3 is 14.6 Å². The molecule has 2 aromatic rings. The highest BCUT2D eigenvalue weighted by Crippen LogP contribution is 2.36. The summed E-state index contributed by atoms with van der Waals surface area (Å²) < 4.78 is 13.0. The van der Waals surface area contributed by atoms with Crippen LogP contribution in [0.3, 0.4) is 0 Å². The van der Waals surface area contributed by atoms with E-state index in [1.54, 1.807) is 0 Å². The first-order valence-corrected chi connectivity index (χ1v) is 11.0. The fraction of sp³-hybridized carbons (Fsp3) is 0.429. The number of anilines is 1. The van der Waals surface area contributed by atoms with Gasteiger partial charge in [-0.15, -0.1) is 0 Å². The second-order valence-electron chi connectivity index (χ2n) is 7.34. The van der Waals surface area contributed by atoms with Crippen LogP contribution in [0.2, 0.25) is 11.1 Å². The minimum Gasteiger partial charge on any atom is -0.399 e. The van der Waals surface area contributed by atoms with E-state index >= 15 is 0 Å². The third-order valence-corrected chi connectivity index (χ3v) is 8.98. The van der Waals surface area contributed by atoms with Crippen molar-refractivity contribution in [3.05, 3.63) is 65.2 Å². The Morgan fingerprint density at radius 1 is 0.840 bits per heavy atom. The molecule has 0 aliphatic heterocycles. The maximum absolute atomic E-state index is 6.53. The van der Waals surface area contributed by atoms with Crippen LogP contribution in [-0.4, -0.2) is 8.56 Å². The molecule has 0 amide bonds. The lowest BCUT2D eigenvalue weighted by Gasteiger charge is -2.37. The molecule has 25 heavy (non-hydrogen) atoms. The molecule has 0 spiro atoms. The van der Waals surface area contributed by atoms with Gasteiger partial charge in [0.05, 0.1) is 13.2 Å². The molecule has 4 heteroatoms. The van der Waals surface area contributed by atoms with E-state index in [1.807, 2.05) is 18.2 Å². The Morgan fingerprint density at radius 2 is 1.36 bits per heavy atom. The van der Waals surface area contributed by atoms with Crippen molar-refractivity contribution in [1.29, 1.82) is 0 Å². The fourth-order valence-electron chi connectivity index (χ4n) is 3.25. The molecule has 0 saturated carbocycles. The van der Waals surface area contributed by atoms with E-state index < -0.39 is 8.56 Å². The molecule has 0 aliphatic carbocycles. The van der Waals surface area contributed by atoms with Crippen LogP contribution in [0.25, 0.3) is 0 Å². The van der Waals surface area contributed by atoms with E-state index in [4.69, 9.17) is 14.6 Å². The van der Waals surface area contributed by atoms with Crippen molar-refractivity contribution in [1.82, 2.24) is 0 Å². The summed E-state index contributed by atoms with van der Waals surface area (Å²) in [4.78, 5) is 0. The summed E-state index contributed by atoms with van der Waals surface area (Å²) in [7, 11) is -2.39. The quantitative estimate of drug-likeness (QED) is 0.496. The zero-order chi connectivity index (χ0) is 18.4. The van der Waals surface area contributed by atoms with Gasteiger partial charge in [-0.2, -0.15) is 0 Å². The summed E-state index contributed by atoms with van der Waals surface area (Å²) in [6, 6.07) is 16.4. The van der Waals surface area contributed by atoms with E-state index in [0.717, 1.165) is 11.3 Å². The normalized spacial score (nSPS) is 12.1. The molecule has 0 radical (unpaired) electrons. The van der Waals surface area contributed by atoms with Crippen molar-refractivity contribution in [3.63, 3.8) is 0 Å². The van der Waals surface area contributed by atoms with E-state index in [9.17, 15) is 0 Å². The topological polar surface area (TPSA) is 44.5 Å². The molecular weight excluding hydrogens is 326 g/mol. The first-order chi connectivity index (χ1) is 11.8. The zero-order valence-electron chi connectivity index (χ0n) is 16.1. The molecule has 0 heterocycles. The Balaban J connectivity index is 2.15. The molecule has 0 aromatic heterocycles. The Labute approximate surface area is 153 Å². The summed E-state index contributed by atoms with van der Waals surface area (Å²) in [6.07, 6.45) is 0. The second kappa shape index (κ2) is 8.65. The predicted octanol–water partition coefficient (Wildman–Crippen LogP) is 5.57. The van der Waals surface area contributed by atoms with Crippen LogP contribution in [0.15, 0.2) is 48.5 Å². The van der Waals surface area contributed by atoms with Gasteiger partial charge in [0.25, 0.3) is 0 Å². The minimum absolute atomic E-state index is 0.360. The summed E-state index contributed by atoms with van der Waals surface area (Å²) >= 11 is 0. The predicted molar refractivity (Wildman–Crippen MR) is 108 cm³/mol. The highest BCUT2D eigenvalue weighted by Gasteiger charge is 2.45. The molecule has 0 bridgehead atoms. The largest absolute Gasteiger partial charge is 0.399 e. The summed E-state index contributed by atoms with van der Waals surface area (Å²) in [5, 5.41) is 0. The van der Waals surface area contributed by atoms with Crippen molar-refractivity contribution >= 4 is 14.2 Å². The monoisotopic (exact) mass is 357 g/mol. The minimum atomic E-state index is -2.39. The van der Waals surface area contributed by atoms with Gasteiger partial charge in [-0.3, -0.25) is 0 Å². The van der Waals surface area contributed by atoms with Crippen molar-refractivity contribution in [2.45, 2.75) is 58.9 Å². The lowest BCUT2D eigenvalue weighted by molar-refractivity contribution is 0.138. The summed E-state index contributed by atoms with van der Waals surface area (Å²) in [6.45, 7) is 12.1. The average molecular weight is 358 g/mol. The van der Waals surface area contributed by atoms with Gasteiger partial charge in [0.2, 0.25) is 0 Å². The van der Waals surface area contributed by atoms with Crippen LogP contribution in [-0.2, 0) is 22.1 Å². The molecule has 0 aliphatic rings. The van der Waals surface area contributed by atoms with Crippen LogP contribution in [0.1, 0.15) is 44.4 Å². The molecule has 2 N–H and O–H groups in total. The van der Waals surface area contributed by atoms with Crippen molar-refractivity contribution in [2.75, 3.05) is 5.73 Å². The van der Waals surface area contributed by atoms with Gasteiger partial charge in [0.15, 0.2) is 0 Å². The number of benzene rings is 2. The fourth-order valence-corrected chi connectivity index (χ4v) is 6.79. The van der Waals surface area contributed by atoms with Crippen LogP contribution >= 0.6 is 0 Å². The smallest absolute Gasteiger partial charge is 0.344 e. The SMILES string of the molecule is Cc1cccc(CO[Si](OCc2cccc(N)c2)(C(C)C)C(C)C)c1. The Hall–Kier alpha value is -1.62. The van der Waals surface area contributed by atoms with Crippen molar-refractivity contribution < 1.29 is 8.85 Å². The molecule has 2 rings (SSSR count). The zero-order valence-corrected chi connectivity index (χ0v) is 17.1. The molecule has 0 unspecified atom stereocenters. The van der Waals surface area contributed by atoms with Crippen molar-refractivity contribution in [3.8, 4) is 0 Å². The molecule has 3 nitrogen and oxygen atoms in total. The maximum atomic E-state index is 6.53. The number of aryl methyl sites for hydroxylation is 1. The number of nitrogen functional groups attached to an aromatic ring is 1. The Bertz CT molecular complexity index is 626. The summed E-state index contributed by atoms with van der Waals surface area (Å²) in [5.41, 5.74) is 10.9. The Kier molecular flexibility index (Phi) is 6.82. The third kappa shape index (κ3) is 5.17.